The number of benzene rings is 1. The maximum absolute atomic E-state index is 13.5. The highest BCUT2D eigenvalue weighted by molar-refractivity contribution is 5.47. The number of aromatic nitrogens is 1. The van der Waals surface area contributed by atoms with E-state index in [1.807, 2.05) is 6.07 Å². The SMILES string of the molecule is COc1ccc(CNc2ccc(OC(F)F)c(F)c2)cn1. The van der Waals surface area contributed by atoms with Gasteiger partial charge in [0, 0.05) is 30.6 Å². The number of methoxy groups -OCH3 is 1. The number of pyridine rings is 1. The molecule has 1 heterocycles. The lowest BCUT2D eigenvalue weighted by Crippen LogP contribution is -2.05. The fourth-order valence-electron chi connectivity index (χ4n) is 1.64. The molecule has 0 fully saturated rings. The molecule has 0 bridgehead atoms. The minimum atomic E-state index is -3.05. The molecule has 0 amide bonds. The summed E-state index contributed by atoms with van der Waals surface area (Å²) < 4.78 is 46.5. The van der Waals surface area contributed by atoms with Crippen LogP contribution < -0.4 is 14.8 Å². The summed E-state index contributed by atoms with van der Waals surface area (Å²) in [6, 6.07) is 7.21. The molecule has 1 aromatic carbocycles. The zero-order chi connectivity index (χ0) is 15.2. The normalized spacial score (nSPS) is 10.5. The molecule has 2 rings (SSSR count). The lowest BCUT2D eigenvalue weighted by molar-refractivity contribution is -0.0521. The number of nitrogens with zero attached hydrogens (tertiary/aromatic N) is 1. The highest BCUT2D eigenvalue weighted by atomic mass is 19.3. The van der Waals surface area contributed by atoms with Crippen molar-refractivity contribution in [1.82, 2.24) is 4.98 Å². The van der Waals surface area contributed by atoms with E-state index in [-0.39, 0.29) is 0 Å². The summed E-state index contributed by atoms with van der Waals surface area (Å²) in [5, 5.41) is 2.96. The van der Waals surface area contributed by atoms with E-state index in [2.05, 4.69) is 15.0 Å². The van der Waals surface area contributed by atoms with Crippen LogP contribution in [0.5, 0.6) is 11.6 Å². The molecule has 21 heavy (non-hydrogen) atoms. The molecule has 0 radical (unpaired) electrons. The van der Waals surface area contributed by atoms with Gasteiger partial charge in [0.15, 0.2) is 11.6 Å². The van der Waals surface area contributed by atoms with Gasteiger partial charge in [-0.25, -0.2) is 9.37 Å². The van der Waals surface area contributed by atoms with Gasteiger partial charge in [-0.2, -0.15) is 8.78 Å². The van der Waals surface area contributed by atoms with Gasteiger partial charge in [-0.3, -0.25) is 0 Å². The van der Waals surface area contributed by atoms with Crippen LogP contribution in [0.1, 0.15) is 5.56 Å². The number of halogens is 3. The summed E-state index contributed by atoms with van der Waals surface area (Å²) in [4.78, 5) is 4.03. The molecule has 0 saturated carbocycles. The summed E-state index contributed by atoms with van der Waals surface area (Å²) in [5.74, 6) is -0.840. The molecule has 1 N–H and O–H groups in total. The Bertz CT molecular complexity index is 591. The molecule has 0 spiro atoms. The quantitative estimate of drug-likeness (QED) is 0.887. The average Bonchev–Trinajstić information content (AvgIpc) is 2.48. The van der Waals surface area contributed by atoms with E-state index in [1.54, 1.807) is 12.3 Å². The average molecular weight is 298 g/mol. The third-order valence-corrected chi connectivity index (χ3v) is 2.65. The van der Waals surface area contributed by atoms with Crippen molar-refractivity contribution in [3.8, 4) is 11.6 Å². The Morgan fingerprint density at radius 1 is 1.24 bits per heavy atom. The molecule has 4 nitrogen and oxygen atoms in total. The van der Waals surface area contributed by atoms with Crippen LogP contribution in [0, 0.1) is 5.82 Å². The summed E-state index contributed by atoms with van der Waals surface area (Å²) in [7, 11) is 1.52. The maximum Gasteiger partial charge on any atom is 0.387 e. The second kappa shape index (κ2) is 6.83. The summed E-state index contributed by atoms with van der Waals surface area (Å²) in [5.41, 5.74) is 1.31. The van der Waals surface area contributed by atoms with Crippen LogP contribution in [-0.4, -0.2) is 18.7 Å². The van der Waals surface area contributed by atoms with Crippen LogP contribution in [0.4, 0.5) is 18.9 Å². The largest absolute Gasteiger partial charge is 0.481 e. The number of rotatable bonds is 6. The number of ether oxygens (including phenoxy) is 2. The van der Waals surface area contributed by atoms with Crippen molar-refractivity contribution in [2.45, 2.75) is 13.2 Å². The topological polar surface area (TPSA) is 43.4 Å². The van der Waals surface area contributed by atoms with Gasteiger partial charge in [0.1, 0.15) is 0 Å². The Labute approximate surface area is 119 Å². The van der Waals surface area contributed by atoms with E-state index in [9.17, 15) is 13.2 Å². The van der Waals surface area contributed by atoms with Crippen LogP contribution in [0.25, 0.3) is 0 Å². The predicted molar refractivity (Wildman–Crippen MR) is 71.1 cm³/mol. The van der Waals surface area contributed by atoms with Gasteiger partial charge in [-0.05, 0) is 17.7 Å². The summed E-state index contributed by atoms with van der Waals surface area (Å²) in [6.07, 6.45) is 1.62. The molecule has 1 aromatic heterocycles. The first-order chi connectivity index (χ1) is 10.1. The minimum absolute atomic E-state index is 0.408. The van der Waals surface area contributed by atoms with Crippen LogP contribution in [0.2, 0.25) is 0 Å². The zero-order valence-electron chi connectivity index (χ0n) is 11.1. The lowest BCUT2D eigenvalue weighted by Gasteiger charge is -2.09. The molecule has 112 valence electrons. The van der Waals surface area contributed by atoms with Gasteiger partial charge < -0.3 is 14.8 Å². The molecule has 7 heteroatoms. The Kier molecular flexibility index (Phi) is 4.86. The van der Waals surface area contributed by atoms with Crippen molar-refractivity contribution in [2.75, 3.05) is 12.4 Å². The predicted octanol–water partition coefficient (Wildman–Crippen LogP) is 3.44. The molecule has 0 saturated heterocycles. The minimum Gasteiger partial charge on any atom is -0.481 e. The van der Waals surface area contributed by atoms with Crippen molar-refractivity contribution in [3.63, 3.8) is 0 Å². The Morgan fingerprint density at radius 2 is 2.05 bits per heavy atom. The van der Waals surface area contributed by atoms with Crippen LogP contribution in [-0.2, 0) is 6.54 Å². The summed E-state index contributed by atoms with van der Waals surface area (Å²) >= 11 is 0. The van der Waals surface area contributed by atoms with Crippen molar-refractivity contribution in [2.24, 2.45) is 0 Å². The van der Waals surface area contributed by atoms with Gasteiger partial charge in [0.2, 0.25) is 5.88 Å². The fourth-order valence-corrected chi connectivity index (χ4v) is 1.64. The van der Waals surface area contributed by atoms with Crippen molar-refractivity contribution in [1.29, 1.82) is 0 Å². The highest BCUT2D eigenvalue weighted by Gasteiger charge is 2.10. The van der Waals surface area contributed by atoms with E-state index in [1.165, 1.54) is 13.2 Å². The Hall–Kier alpha value is -2.44. The summed E-state index contributed by atoms with van der Waals surface area (Å²) in [6.45, 7) is -2.64. The van der Waals surface area contributed by atoms with E-state index >= 15 is 0 Å². The molecule has 0 aliphatic carbocycles. The fraction of sp³-hybridized carbons (Fsp3) is 0.214. The lowest BCUT2D eigenvalue weighted by atomic mass is 10.2. The zero-order valence-corrected chi connectivity index (χ0v) is 11.1. The molecule has 0 atom stereocenters. The number of hydrogen-bond acceptors (Lipinski definition) is 4. The number of anilines is 1. The molecule has 0 aliphatic rings. The van der Waals surface area contributed by atoms with Crippen LogP contribution in [0.3, 0.4) is 0 Å². The second-order valence-corrected chi connectivity index (χ2v) is 4.09. The first kappa shape index (κ1) is 15.0. The number of hydrogen-bond donors (Lipinski definition) is 1. The Balaban J connectivity index is 1.98. The van der Waals surface area contributed by atoms with E-state index in [0.29, 0.717) is 18.1 Å². The standard InChI is InChI=1S/C14H13F3N2O2/c1-20-13-5-2-9(8-19-13)7-18-10-3-4-12(11(15)6-10)21-14(16)17/h2-6,8,14,18H,7H2,1H3. The van der Waals surface area contributed by atoms with Gasteiger partial charge in [-0.15, -0.1) is 0 Å². The molecular formula is C14H13F3N2O2. The second-order valence-electron chi connectivity index (χ2n) is 4.09. The smallest absolute Gasteiger partial charge is 0.387 e. The first-order valence-electron chi connectivity index (χ1n) is 6.05. The van der Waals surface area contributed by atoms with Crippen molar-refractivity contribution < 1.29 is 22.6 Å². The van der Waals surface area contributed by atoms with E-state index < -0.39 is 18.2 Å². The van der Waals surface area contributed by atoms with E-state index in [4.69, 9.17) is 4.74 Å². The third kappa shape index (κ3) is 4.27. The Morgan fingerprint density at radius 3 is 2.62 bits per heavy atom. The molecule has 0 aliphatic heterocycles. The van der Waals surface area contributed by atoms with Crippen molar-refractivity contribution in [3.05, 3.63) is 47.9 Å². The highest BCUT2D eigenvalue weighted by Crippen LogP contribution is 2.23. The van der Waals surface area contributed by atoms with Crippen molar-refractivity contribution >= 4 is 5.69 Å². The molecule has 0 unspecified atom stereocenters. The third-order valence-electron chi connectivity index (χ3n) is 2.65. The molecular weight excluding hydrogens is 285 g/mol. The van der Waals surface area contributed by atoms with Crippen LogP contribution >= 0.6 is 0 Å². The first-order valence-corrected chi connectivity index (χ1v) is 6.05. The van der Waals surface area contributed by atoms with Crippen LogP contribution in [0.15, 0.2) is 36.5 Å². The maximum atomic E-state index is 13.5. The molecule has 2 aromatic rings. The number of alkyl halides is 2. The van der Waals surface area contributed by atoms with Gasteiger partial charge in [0.05, 0.1) is 7.11 Å². The number of nitrogens with one attached hydrogen (secondary N) is 1. The van der Waals surface area contributed by atoms with Gasteiger partial charge in [0.25, 0.3) is 0 Å². The van der Waals surface area contributed by atoms with E-state index in [0.717, 1.165) is 17.7 Å². The van der Waals surface area contributed by atoms with Gasteiger partial charge in [-0.1, -0.05) is 6.07 Å². The van der Waals surface area contributed by atoms with Gasteiger partial charge >= 0.3 is 6.61 Å². The monoisotopic (exact) mass is 298 g/mol.